The zero-order valence-electron chi connectivity index (χ0n) is 21.2. The van der Waals surface area contributed by atoms with Gasteiger partial charge in [-0.1, -0.05) is 25.7 Å². The summed E-state index contributed by atoms with van der Waals surface area (Å²) in [7, 11) is 0. The van der Waals surface area contributed by atoms with Crippen LogP contribution in [0.4, 0.5) is 0 Å². The van der Waals surface area contributed by atoms with Gasteiger partial charge in [0.2, 0.25) is 11.8 Å². The average Bonchev–Trinajstić information content (AvgIpc) is 3.54. The van der Waals surface area contributed by atoms with Crippen LogP contribution in [-0.4, -0.2) is 121 Å². The molecule has 0 aliphatic carbocycles. The van der Waals surface area contributed by atoms with Gasteiger partial charge in [-0.2, -0.15) is 0 Å². The van der Waals surface area contributed by atoms with E-state index in [0.717, 1.165) is 13.1 Å². The Kier molecular flexibility index (Phi) is 8.49. The van der Waals surface area contributed by atoms with Crippen LogP contribution in [0.15, 0.2) is 25.3 Å². The molecular formula is C26H39N3O7. The fourth-order valence-corrected chi connectivity index (χ4v) is 6.39. The van der Waals surface area contributed by atoms with Crippen molar-refractivity contribution in [1.82, 2.24) is 14.7 Å². The van der Waals surface area contributed by atoms with Crippen LogP contribution in [0.25, 0.3) is 0 Å². The summed E-state index contributed by atoms with van der Waals surface area (Å²) in [5.41, 5.74) is -1.11. The topological polar surface area (TPSA) is 109 Å². The molecule has 0 aromatic carbocycles. The Morgan fingerprint density at radius 3 is 2.69 bits per heavy atom. The first-order valence-electron chi connectivity index (χ1n) is 13.0. The van der Waals surface area contributed by atoms with E-state index in [9.17, 15) is 19.5 Å². The lowest BCUT2D eigenvalue weighted by molar-refractivity contribution is -0.156. The van der Waals surface area contributed by atoms with Gasteiger partial charge in [0, 0.05) is 32.7 Å². The highest BCUT2D eigenvalue weighted by molar-refractivity contribution is 5.98. The van der Waals surface area contributed by atoms with Gasteiger partial charge in [0.05, 0.1) is 43.8 Å². The largest absolute Gasteiger partial charge is 0.461 e. The molecule has 0 aromatic heterocycles. The Morgan fingerprint density at radius 2 is 2.06 bits per heavy atom. The zero-order valence-corrected chi connectivity index (χ0v) is 21.2. The fraction of sp³-hybridized carbons (Fsp3) is 0.731. The Bertz CT molecular complexity index is 856. The minimum Gasteiger partial charge on any atom is -0.461 e. The summed E-state index contributed by atoms with van der Waals surface area (Å²) >= 11 is 0. The van der Waals surface area contributed by atoms with E-state index < -0.39 is 41.6 Å². The maximum atomic E-state index is 14.2. The van der Waals surface area contributed by atoms with E-state index >= 15 is 0 Å². The van der Waals surface area contributed by atoms with Gasteiger partial charge in [-0.25, -0.2) is 0 Å². The highest BCUT2D eigenvalue weighted by atomic mass is 16.6. The molecule has 1 N–H and O–H groups in total. The smallest absolute Gasteiger partial charge is 0.312 e. The number of hydrogen-bond donors (Lipinski definition) is 1. The normalized spacial score (nSPS) is 32.3. The summed E-state index contributed by atoms with van der Waals surface area (Å²) in [5.74, 6) is -2.63. The first-order chi connectivity index (χ1) is 17.4. The predicted molar refractivity (Wildman–Crippen MR) is 131 cm³/mol. The van der Waals surface area contributed by atoms with Gasteiger partial charge < -0.3 is 29.1 Å². The van der Waals surface area contributed by atoms with Crippen LogP contribution in [0.2, 0.25) is 0 Å². The lowest BCUT2D eigenvalue weighted by Gasteiger charge is -2.39. The number of hydrogen-bond acceptors (Lipinski definition) is 8. The van der Waals surface area contributed by atoms with Crippen molar-refractivity contribution < 1.29 is 33.7 Å². The van der Waals surface area contributed by atoms with Crippen molar-refractivity contribution in [2.45, 2.75) is 50.0 Å². The molecule has 36 heavy (non-hydrogen) atoms. The van der Waals surface area contributed by atoms with Gasteiger partial charge in [-0.05, 0) is 19.3 Å². The van der Waals surface area contributed by atoms with Crippen LogP contribution in [0.1, 0.15) is 26.2 Å². The van der Waals surface area contributed by atoms with Crippen molar-refractivity contribution in [3.05, 3.63) is 25.3 Å². The van der Waals surface area contributed by atoms with Crippen molar-refractivity contribution >= 4 is 17.8 Å². The van der Waals surface area contributed by atoms with E-state index in [4.69, 9.17) is 14.2 Å². The minimum atomic E-state index is -1.11. The number of fused-ring (bicyclic) bond motifs is 1. The molecule has 4 aliphatic rings. The molecule has 2 amide bonds. The standard InChI is InChI=1S/C26H39N3O7/c1-4-9-28(11-10-27-12-15-34-16-13-27)24(32)22-26-8-7-19(36-26)20(25(33)35-14-5-2)21(26)23(31)29(22)18(6-3)17-30/h4-5,18-22,30H,1-2,6-17H2,3H3/t18-,19-,20+,21-,22?,26?/m0/s1. The van der Waals surface area contributed by atoms with E-state index in [1.54, 1.807) is 11.0 Å². The Balaban J connectivity index is 1.65. The molecule has 4 saturated heterocycles. The lowest BCUT2D eigenvalue weighted by atomic mass is 9.70. The molecule has 10 nitrogen and oxygen atoms in total. The molecule has 10 heteroatoms. The number of likely N-dealkylation sites (tertiary alicyclic amines) is 1. The lowest BCUT2D eigenvalue weighted by Crippen LogP contribution is -2.59. The number of esters is 1. The molecule has 2 bridgehead atoms. The summed E-state index contributed by atoms with van der Waals surface area (Å²) in [4.78, 5) is 46.6. The number of morpholine rings is 1. The summed E-state index contributed by atoms with van der Waals surface area (Å²) < 4.78 is 17.2. The van der Waals surface area contributed by atoms with Crippen LogP contribution < -0.4 is 0 Å². The third kappa shape index (κ3) is 4.60. The van der Waals surface area contributed by atoms with Crippen LogP contribution in [0, 0.1) is 11.8 Å². The van der Waals surface area contributed by atoms with E-state index in [2.05, 4.69) is 18.1 Å². The molecular weight excluding hydrogens is 466 g/mol. The van der Waals surface area contributed by atoms with Gasteiger partial charge in [0.1, 0.15) is 18.2 Å². The highest BCUT2D eigenvalue weighted by Gasteiger charge is 2.75. The SMILES string of the molecule is C=CCOC(=O)[C@@H]1[C@@H]2CCC3(O2)C(C(=O)N(CC=C)CCN2CCOCC2)N([C@@H](CC)CO)C(=O)[C@H]13. The maximum absolute atomic E-state index is 14.2. The summed E-state index contributed by atoms with van der Waals surface area (Å²) in [5, 5.41) is 10.1. The van der Waals surface area contributed by atoms with Crippen molar-refractivity contribution in [2.24, 2.45) is 11.8 Å². The molecule has 2 unspecified atom stereocenters. The van der Waals surface area contributed by atoms with Gasteiger partial charge >= 0.3 is 5.97 Å². The molecule has 4 fully saturated rings. The monoisotopic (exact) mass is 505 g/mol. The van der Waals surface area contributed by atoms with Crippen LogP contribution >= 0.6 is 0 Å². The number of nitrogens with zero attached hydrogens (tertiary/aromatic N) is 3. The van der Waals surface area contributed by atoms with E-state index in [0.29, 0.717) is 52.1 Å². The van der Waals surface area contributed by atoms with E-state index in [-0.39, 0.29) is 25.0 Å². The Labute approximate surface area is 212 Å². The molecule has 6 atom stereocenters. The summed E-state index contributed by atoms with van der Waals surface area (Å²) in [6.45, 7) is 13.5. The molecule has 4 rings (SSSR count). The second-order valence-electron chi connectivity index (χ2n) is 9.99. The second-order valence-corrected chi connectivity index (χ2v) is 9.99. The Morgan fingerprint density at radius 1 is 1.31 bits per heavy atom. The quantitative estimate of drug-likeness (QED) is 0.296. The van der Waals surface area contributed by atoms with Gasteiger partial charge in [-0.15, -0.1) is 6.58 Å². The van der Waals surface area contributed by atoms with Crippen LogP contribution in [-0.2, 0) is 28.6 Å². The number of amides is 2. The molecule has 4 aliphatic heterocycles. The number of aliphatic hydroxyl groups is 1. The average molecular weight is 506 g/mol. The highest BCUT2D eigenvalue weighted by Crippen LogP contribution is 2.59. The number of carbonyl (C=O) groups excluding carboxylic acids is 3. The molecule has 0 radical (unpaired) electrons. The van der Waals surface area contributed by atoms with Gasteiger partial charge in [0.25, 0.3) is 0 Å². The fourth-order valence-electron chi connectivity index (χ4n) is 6.39. The summed E-state index contributed by atoms with van der Waals surface area (Å²) in [6.07, 6.45) is 4.24. The third-order valence-electron chi connectivity index (χ3n) is 8.11. The van der Waals surface area contributed by atoms with Crippen molar-refractivity contribution in [3.8, 4) is 0 Å². The number of ether oxygens (including phenoxy) is 3. The molecule has 0 aromatic rings. The number of carbonyl (C=O) groups is 3. The van der Waals surface area contributed by atoms with Crippen LogP contribution in [0.3, 0.4) is 0 Å². The third-order valence-corrected chi connectivity index (χ3v) is 8.11. The van der Waals surface area contributed by atoms with Gasteiger partial charge in [0.15, 0.2) is 0 Å². The molecule has 1 spiro atoms. The molecule has 0 saturated carbocycles. The Hall–Kier alpha value is -2.27. The van der Waals surface area contributed by atoms with Crippen LogP contribution in [0.5, 0.6) is 0 Å². The zero-order chi connectivity index (χ0) is 25.9. The van der Waals surface area contributed by atoms with Crippen molar-refractivity contribution in [3.63, 3.8) is 0 Å². The number of aliphatic hydroxyl groups excluding tert-OH is 1. The van der Waals surface area contributed by atoms with Crippen molar-refractivity contribution in [1.29, 1.82) is 0 Å². The van der Waals surface area contributed by atoms with E-state index in [1.165, 1.54) is 11.0 Å². The molecule has 4 heterocycles. The maximum Gasteiger partial charge on any atom is 0.312 e. The first kappa shape index (κ1) is 26.8. The summed E-state index contributed by atoms with van der Waals surface area (Å²) in [6, 6.07) is -1.47. The van der Waals surface area contributed by atoms with E-state index in [1.807, 2.05) is 6.92 Å². The first-order valence-corrected chi connectivity index (χ1v) is 13.0. The second kappa shape index (κ2) is 11.4. The number of rotatable bonds is 12. The minimum absolute atomic E-state index is 0.0465. The van der Waals surface area contributed by atoms with Crippen molar-refractivity contribution in [2.75, 3.05) is 59.2 Å². The predicted octanol–water partition coefficient (Wildman–Crippen LogP) is 0.208. The van der Waals surface area contributed by atoms with Gasteiger partial charge in [-0.3, -0.25) is 19.3 Å². The molecule has 200 valence electrons.